The zero-order chi connectivity index (χ0) is 10.1. The lowest BCUT2D eigenvalue weighted by Crippen LogP contribution is -2.30. The summed E-state index contributed by atoms with van der Waals surface area (Å²) in [5.74, 6) is 0.800. The molecular weight excluding hydrogens is 186 g/mol. The van der Waals surface area contributed by atoms with Crippen molar-refractivity contribution in [1.29, 1.82) is 0 Å². The van der Waals surface area contributed by atoms with Crippen LogP contribution in [0.3, 0.4) is 0 Å². The molecule has 0 unspecified atom stereocenters. The largest absolute Gasteiger partial charge is 0.352 e. The minimum Gasteiger partial charge on any atom is -0.352 e. The molecule has 0 atom stereocenters. The van der Waals surface area contributed by atoms with Gasteiger partial charge in [-0.05, 0) is 12.8 Å². The SMILES string of the molecule is CCC(CC)C(=O)NC/C=C/CCl. The highest BCUT2D eigenvalue weighted by atomic mass is 35.5. The molecule has 76 valence electrons. The van der Waals surface area contributed by atoms with Gasteiger partial charge < -0.3 is 5.32 Å². The summed E-state index contributed by atoms with van der Waals surface area (Å²) < 4.78 is 0. The maximum atomic E-state index is 11.4. The molecule has 0 radical (unpaired) electrons. The van der Waals surface area contributed by atoms with Crippen molar-refractivity contribution in [3.05, 3.63) is 12.2 Å². The fraction of sp³-hybridized carbons (Fsp3) is 0.700. The molecule has 3 heteroatoms. The fourth-order valence-electron chi connectivity index (χ4n) is 1.11. The number of hydrogen-bond donors (Lipinski definition) is 1. The number of amides is 1. The second-order valence-electron chi connectivity index (χ2n) is 2.88. The Hall–Kier alpha value is -0.500. The Morgan fingerprint density at radius 3 is 2.46 bits per heavy atom. The first-order chi connectivity index (χ1) is 6.26. The van der Waals surface area contributed by atoms with E-state index in [9.17, 15) is 4.79 Å². The molecule has 0 aliphatic heterocycles. The van der Waals surface area contributed by atoms with Crippen LogP contribution in [0.1, 0.15) is 26.7 Å². The summed E-state index contributed by atoms with van der Waals surface area (Å²) in [4.78, 5) is 11.4. The predicted molar refractivity (Wildman–Crippen MR) is 56.9 cm³/mol. The van der Waals surface area contributed by atoms with Gasteiger partial charge in [0.15, 0.2) is 0 Å². The third-order valence-electron chi connectivity index (χ3n) is 2.01. The van der Waals surface area contributed by atoms with Crippen LogP contribution < -0.4 is 5.32 Å². The van der Waals surface area contributed by atoms with Crippen molar-refractivity contribution >= 4 is 17.5 Å². The Balaban J connectivity index is 3.66. The molecule has 0 aliphatic carbocycles. The van der Waals surface area contributed by atoms with E-state index in [0.29, 0.717) is 12.4 Å². The van der Waals surface area contributed by atoms with Gasteiger partial charge in [0.25, 0.3) is 0 Å². The second kappa shape index (κ2) is 8.11. The Kier molecular flexibility index (Phi) is 7.80. The number of halogens is 1. The summed E-state index contributed by atoms with van der Waals surface area (Å²) >= 11 is 5.43. The smallest absolute Gasteiger partial charge is 0.223 e. The molecule has 1 N–H and O–H groups in total. The molecule has 1 amide bonds. The van der Waals surface area contributed by atoms with Crippen LogP contribution in [0.25, 0.3) is 0 Å². The first-order valence-corrected chi connectivity index (χ1v) is 5.28. The van der Waals surface area contributed by atoms with E-state index < -0.39 is 0 Å². The van der Waals surface area contributed by atoms with Crippen molar-refractivity contribution in [3.63, 3.8) is 0 Å². The number of nitrogens with one attached hydrogen (secondary N) is 1. The van der Waals surface area contributed by atoms with Crippen molar-refractivity contribution in [1.82, 2.24) is 5.32 Å². The Bertz CT molecular complexity index is 164. The zero-order valence-corrected chi connectivity index (χ0v) is 9.10. The highest BCUT2D eigenvalue weighted by Crippen LogP contribution is 2.06. The van der Waals surface area contributed by atoms with Crippen molar-refractivity contribution < 1.29 is 4.79 Å². The minimum atomic E-state index is 0.143. The van der Waals surface area contributed by atoms with E-state index in [1.165, 1.54) is 0 Å². The van der Waals surface area contributed by atoms with Gasteiger partial charge in [-0.15, -0.1) is 11.6 Å². The summed E-state index contributed by atoms with van der Waals surface area (Å²) in [7, 11) is 0. The number of carbonyl (C=O) groups excluding carboxylic acids is 1. The van der Waals surface area contributed by atoms with Crippen LogP contribution in [-0.4, -0.2) is 18.3 Å². The van der Waals surface area contributed by atoms with Crippen molar-refractivity contribution in [3.8, 4) is 0 Å². The van der Waals surface area contributed by atoms with E-state index in [1.807, 2.05) is 26.0 Å². The van der Waals surface area contributed by atoms with Gasteiger partial charge in [0.05, 0.1) is 0 Å². The van der Waals surface area contributed by atoms with Crippen LogP contribution >= 0.6 is 11.6 Å². The molecule has 0 bridgehead atoms. The molecule has 0 saturated carbocycles. The maximum Gasteiger partial charge on any atom is 0.223 e. The average molecular weight is 204 g/mol. The summed E-state index contributed by atoms with van der Waals surface area (Å²) in [6, 6.07) is 0. The lowest BCUT2D eigenvalue weighted by molar-refractivity contribution is -0.124. The molecule has 2 nitrogen and oxygen atoms in total. The lowest BCUT2D eigenvalue weighted by Gasteiger charge is -2.10. The molecule has 0 rings (SSSR count). The molecule has 0 aliphatic rings. The molecule has 0 spiro atoms. The minimum absolute atomic E-state index is 0.143. The quantitative estimate of drug-likeness (QED) is 0.521. The number of hydrogen-bond acceptors (Lipinski definition) is 1. The highest BCUT2D eigenvalue weighted by Gasteiger charge is 2.11. The first-order valence-electron chi connectivity index (χ1n) is 4.74. The first kappa shape index (κ1) is 12.5. The van der Waals surface area contributed by atoms with Gasteiger partial charge in [-0.25, -0.2) is 0 Å². The zero-order valence-electron chi connectivity index (χ0n) is 8.35. The molecular formula is C10H18ClNO. The monoisotopic (exact) mass is 203 g/mol. The fourth-order valence-corrected chi connectivity index (χ4v) is 1.24. The van der Waals surface area contributed by atoms with Crippen molar-refractivity contribution in [2.24, 2.45) is 5.92 Å². The average Bonchev–Trinajstić information content (AvgIpc) is 2.14. The second-order valence-corrected chi connectivity index (χ2v) is 3.19. The number of alkyl halides is 1. The number of carbonyl (C=O) groups is 1. The van der Waals surface area contributed by atoms with E-state index in [2.05, 4.69) is 5.32 Å². The summed E-state index contributed by atoms with van der Waals surface area (Å²) in [5.41, 5.74) is 0. The van der Waals surface area contributed by atoms with E-state index in [0.717, 1.165) is 12.8 Å². The summed E-state index contributed by atoms with van der Waals surface area (Å²) in [6.07, 6.45) is 5.51. The van der Waals surface area contributed by atoms with Crippen LogP contribution in [-0.2, 0) is 4.79 Å². The third-order valence-corrected chi connectivity index (χ3v) is 2.18. The van der Waals surface area contributed by atoms with Gasteiger partial charge in [0.2, 0.25) is 5.91 Å². The lowest BCUT2D eigenvalue weighted by atomic mass is 10.0. The van der Waals surface area contributed by atoms with Crippen LogP contribution in [0.15, 0.2) is 12.2 Å². The van der Waals surface area contributed by atoms with E-state index in [4.69, 9.17) is 11.6 Å². The molecule has 0 aromatic heterocycles. The van der Waals surface area contributed by atoms with Gasteiger partial charge in [-0.2, -0.15) is 0 Å². The van der Waals surface area contributed by atoms with Crippen molar-refractivity contribution in [2.45, 2.75) is 26.7 Å². The van der Waals surface area contributed by atoms with Crippen LogP contribution in [0.4, 0.5) is 0 Å². The van der Waals surface area contributed by atoms with Gasteiger partial charge in [-0.3, -0.25) is 4.79 Å². The van der Waals surface area contributed by atoms with Crippen LogP contribution in [0.2, 0.25) is 0 Å². The van der Waals surface area contributed by atoms with E-state index in [-0.39, 0.29) is 11.8 Å². The third kappa shape index (κ3) is 5.69. The van der Waals surface area contributed by atoms with Crippen LogP contribution in [0.5, 0.6) is 0 Å². The normalized spacial score (nSPS) is 11.1. The summed E-state index contributed by atoms with van der Waals surface area (Å²) in [6.45, 7) is 4.65. The molecule has 0 aromatic carbocycles. The maximum absolute atomic E-state index is 11.4. The van der Waals surface area contributed by atoms with Gasteiger partial charge in [0, 0.05) is 18.3 Å². The Labute approximate surface area is 85.3 Å². The number of allylic oxidation sites excluding steroid dienone is 1. The Morgan fingerprint density at radius 2 is 2.00 bits per heavy atom. The van der Waals surface area contributed by atoms with Crippen LogP contribution in [0, 0.1) is 5.92 Å². The molecule has 0 fully saturated rings. The van der Waals surface area contributed by atoms with Gasteiger partial charge in [-0.1, -0.05) is 26.0 Å². The summed E-state index contributed by atoms with van der Waals surface area (Å²) in [5, 5.41) is 2.84. The Morgan fingerprint density at radius 1 is 1.38 bits per heavy atom. The molecule has 0 aromatic rings. The highest BCUT2D eigenvalue weighted by molar-refractivity contribution is 6.18. The van der Waals surface area contributed by atoms with E-state index >= 15 is 0 Å². The van der Waals surface area contributed by atoms with E-state index in [1.54, 1.807) is 0 Å². The predicted octanol–water partition coefficient (Wildman–Crippen LogP) is 2.33. The standard InChI is InChI=1S/C10H18ClNO/c1-3-9(4-2)10(13)12-8-6-5-7-11/h5-6,9H,3-4,7-8H2,1-2H3,(H,12,13)/b6-5+. The number of rotatable bonds is 6. The topological polar surface area (TPSA) is 29.1 Å². The van der Waals surface area contributed by atoms with Crippen molar-refractivity contribution in [2.75, 3.05) is 12.4 Å². The van der Waals surface area contributed by atoms with Gasteiger partial charge in [0.1, 0.15) is 0 Å². The van der Waals surface area contributed by atoms with Gasteiger partial charge >= 0.3 is 0 Å². The molecule has 0 heterocycles. The molecule has 13 heavy (non-hydrogen) atoms. The molecule has 0 saturated heterocycles.